The lowest BCUT2D eigenvalue weighted by Gasteiger charge is -2.11. The number of fused-ring (bicyclic) bond motifs is 1. The van der Waals surface area contributed by atoms with Crippen molar-refractivity contribution in [3.8, 4) is 11.3 Å². The van der Waals surface area contributed by atoms with Crippen LogP contribution in [0, 0.1) is 20.8 Å². The van der Waals surface area contributed by atoms with Crippen molar-refractivity contribution in [3.05, 3.63) is 65.4 Å². The highest BCUT2D eigenvalue weighted by Gasteiger charge is 2.09. The Morgan fingerprint density at radius 1 is 0.789 bits per heavy atom. The van der Waals surface area contributed by atoms with Gasteiger partial charge in [0.2, 0.25) is 0 Å². The number of nitrogens with zero attached hydrogens (tertiary/aromatic N) is 1. The maximum absolute atomic E-state index is 4.68. The molecular formula is C18H17N. The van der Waals surface area contributed by atoms with E-state index in [0.29, 0.717) is 0 Å². The van der Waals surface area contributed by atoms with Gasteiger partial charge in [-0.25, -0.2) is 0 Å². The van der Waals surface area contributed by atoms with Crippen molar-refractivity contribution in [1.82, 2.24) is 4.98 Å². The minimum atomic E-state index is 1.09. The van der Waals surface area contributed by atoms with Gasteiger partial charge < -0.3 is 0 Å². The van der Waals surface area contributed by atoms with E-state index < -0.39 is 0 Å². The van der Waals surface area contributed by atoms with Crippen LogP contribution in [-0.4, -0.2) is 4.98 Å². The fourth-order valence-electron chi connectivity index (χ4n) is 2.54. The maximum atomic E-state index is 4.68. The molecule has 0 N–H and O–H groups in total. The molecule has 2 aromatic carbocycles. The van der Waals surface area contributed by atoms with Gasteiger partial charge in [-0.1, -0.05) is 42.0 Å². The zero-order valence-electron chi connectivity index (χ0n) is 11.6. The van der Waals surface area contributed by atoms with E-state index in [1.165, 1.54) is 33.0 Å². The Kier molecular flexibility index (Phi) is 2.83. The molecule has 1 heterocycles. The molecule has 0 bridgehead atoms. The number of aromatic nitrogens is 1. The van der Waals surface area contributed by atoms with E-state index in [2.05, 4.69) is 68.2 Å². The van der Waals surface area contributed by atoms with Crippen LogP contribution in [0.4, 0.5) is 0 Å². The lowest BCUT2D eigenvalue weighted by atomic mass is 9.97. The molecular weight excluding hydrogens is 230 g/mol. The second-order valence-electron chi connectivity index (χ2n) is 5.15. The first-order chi connectivity index (χ1) is 9.16. The Hall–Kier alpha value is -2.15. The van der Waals surface area contributed by atoms with Gasteiger partial charge >= 0.3 is 0 Å². The SMILES string of the molecule is Cc1ccc(C)c(-c2ncc(C)c3ccccc23)c1. The Morgan fingerprint density at radius 3 is 2.32 bits per heavy atom. The second-order valence-corrected chi connectivity index (χ2v) is 5.15. The minimum absolute atomic E-state index is 1.09. The highest BCUT2D eigenvalue weighted by Crippen LogP contribution is 2.30. The van der Waals surface area contributed by atoms with E-state index in [0.717, 1.165) is 5.69 Å². The van der Waals surface area contributed by atoms with Crippen molar-refractivity contribution in [1.29, 1.82) is 0 Å². The lowest BCUT2D eigenvalue weighted by molar-refractivity contribution is 1.28. The van der Waals surface area contributed by atoms with Crippen LogP contribution in [-0.2, 0) is 0 Å². The highest BCUT2D eigenvalue weighted by molar-refractivity contribution is 5.96. The molecule has 1 aromatic heterocycles. The Labute approximate surface area is 113 Å². The molecule has 1 heteroatoms. The number of hydrogen-bond acceptors (Lipinski definition) is 1. The first-order valence-electron chi connectivity index (χ1n) is 6.59. The van der Waals surface area contributed by atoms with Gasteiger partial charge in [0.15, 0.2) is 0 Å². The Bertz CT molecular complexity index is 757. The molecule has 0 aliphatic carbocycles. The number of aryl methyl sites for hydroxylation is 3. The van der Waals surface area contributed by atoms with E-state index in [1.54, 1.807) is 0 Å². The van der Waals surface area contributed by atoms with Gasteiger partial charge in [0, 0.05) is 17.1 Å². The third kappa shape index (κ3) is 2.01. The van der Waals surface area contributed by atoms with Gasteiger partial charge in [0.05, 0.1) is 5.69 Å². The van der Waals surface area contributed by atoms with Crippen molar-refractivity contribution in [3.63, 3.8) is 0 Å². The smallest absolute Gasteiger partial charge is 0.0783 e. The number of hydrogen-bond donors (Lipinski definition) is 0. The predicted octanol–water partition coefficient (Wildman–Crippen LogP) is 4.83. The van der Waals surface area contributed by atoms with Crippen molar-refractivity contribution in [2.75, 3.05) is 0 Å². The summed E-state index contributed by atoms with van der Waals surface area (Å²) in [5.74, 6) is 0. The molecule has 0 unspecified atom stereocenters. The molecule has 0 atom stereocenters. The standard InChI is InChI=1S/C18H17N/c1-12-8-9-13(2)17(10-12)18-16-7-5-4-6-15(16)14(3)11-19-18/h4-11H,1-3H3. The van der Waals surface area contributed by atoms with Gasteiger partial charge in [0.1, 0.15) is 0 Å². The molecule has 0 aliphatic rings. The second kappa shape index (κ2) is 4.51. The van der Waals surface area contributed by atoms with Crippen LogP contribution >= 0.6 is 0 Å². The average molecular weight is 247 g/mol. The van der Waals surface area contributed by atoms with E-state index in [9.17, 15) is 0 Å². The summed E-state index contributed by atoms with van der Waals surface area (Å²) in [7, 11) is 0. The summed E-state index contributed by atoms with van der Waals surface area (Å²) < 4.78 is 0. The zero-order chi connectivity index (χ0) is 13.4. The van der Waals surface area contributed by atoms with Crippen LogP contribution in [0.5, 0.6) is 0 Å². The number of rotatable bonds is 1. The predicted molar refractivity (Wildman–Crippen MR) is 81.4 cm³/mol. The molecule has 0 aliphatic heterocycles. The molecule has 0 spiro atoms. The van der Waals surface area contributed by atoms with Gasteiger partial charge in [-0.2, -0.15) is 0 Å². The monoisotopic (exact) mass is 247 g/mol. The molecule has 3 rings (SSSR count). The van der Waals surface area contributed by atoms with Crippen LogP contribution in [0.2, 0.25) is 0 Å². The molecule has 0 saturated carbocycles. The fraction of sp³-hybridized carbons (Fsp3) is 0.167. The van der Waals surface area contributed by atoms with E-state index in [4.69, 9.17) is 0 Å². The van der Waals surface area contributed by atoms with Gasteiger partial charge in [-0.15, -0.1) is 0 Å². The van der Waals surface area contributed by atoms with Gasteiger partial charge in [-0.05, 0) is 43.4 Å². The Morgan fingerprint density at radius 2 is 1.53 bits per heavy atom. The third-order valence-corrected chi connectivity index (χ3v) is 3.64. The first-order valence-corrected chi connectivity index (χ1v) is 6.59. The van der Waals surface area contributed by atoms with E-state index in [1.807, 2.05) is 6.20 Å². The van der Waals surface area contributed by atoms with E-state index >= 15 is 0 Å². The zero-order valence-corrected chi connectivity index (χ0v) is 11.6. The molecule has 3 aromatic rings. The lowest BCUT2D eigenvalue weighted by Crippen LogP contribution is -1.92. The van der Waals surface area contributed by atoms with Crippen molar-refractivity contribution >= 4 is 10.8 Å². The quantitative estimate of drug-likeness (QED) is 0.600. The fourth-order valence-corrected chi connectivity index (χ4v) is 2.54. The number of pyridine rings is 1. The van der Waals surface area contributed by atoms with Crippen molar-refractivity contribution in [2.24, 2.45) is 0 Å². The molecule has 0 amide bonds. The van der Waals surface area contributed by atoms with Crippen LogP contribution in [0.25, 0.3) is 22.0 Å². The third-order valence-electron chi connectivity index (χ3n) is 3.64. The van der Waals surface area contributed by atoms with Crippen LogP contribution in [0.15, 0.2) is 48.7 Å². The van der Waals surface area contributed by atoms with Crippen molar-refractivity contribution < 1.29 is 0 Å². The maximum Gasteiger partial charge on any atom is 0.0783 e. The molecule has 19 heavy (non-hydrogen) atoms. The summed E-state index contributed by atoms with van der Waals surface area (Å²) >= 11 is 0. The summed E-state index contributed by atoms with van der Waals surface area (Å²) in [6, 6.07) is 15.0. The van der Waals surface area contributed by atoms with Crippen LogP contribution in [0.3, 0.4) is 0 Å². The summed E-state index contributed by atoms with van der Waals surface area (Å²) in [5.41, 5.74) is 6.09. The first kappa shape index (κ1) is 11.9. The topological polar surface area (TPSA) is 12.9 Å². The van der Waals surface area contributed by atoms with Crippen LogP contribution in [0.1, 0.15) is 16.7 Å². The largest absolute Gasteiger partial charge is 0.255 e. The summed E-state index contributed by atoms with van der Waals surface area (Å²) in [6.07, 6.45) is 1.97. The summed E-state index contributed by atoms with van der Waals surface area (Å²) in [6.45, 7) is 6.38. The van der Waals surface area contributed by atoms with Gasteiger partial charge in [-0.3, -0.25) is 4.98 Å². The number of benzene rings is 2. The molecule has 1 nitrogen and oxygen atoms in total. The molecule has 94 valence electrons. The summed E-state index contributed by atoms with van der Waals surface area (Å²) in [5, 5.41) is 2.52. The molecule has 0 saturated heterocycles. The Balaban J connectivity index is 2.37. The molecule has 0 radical (unpaired) electrons. The highest BCUT2D eigenvalue weighted by atomic mass is 14.7. The minimum Gasteiger partial charge on any atom is -0.255 e. The average Bonchev–Trinajstić information content (AvgIpc) is 2.43. The van der Waals surface area contributed by atoms with Gasteiger partial charge in [0.25, 0.3) is 0 Å². The normalized spacial score (nSPS) is 10.9. The van der Waals surface area contributed by atoms with Crippen molar-refractivity contribution in [2.45, 2.75) is 20.8 Å². The molecule has 0 fully saturated rings. The van der Waals surface area contributed by atoms with E-state index in [-0.39, 0.29) is 0 Å². The van der Waals surface area contributed by atoms with Crippen LogP contribution < -0.4 is 0 Å². The summed E-state index contributed by atoms with van der Waals surface area (Å²) in [4.78, 5) is 4.68.